The lowest BCUT2D eigenvalue weighted by Gasteiger charge is -2.28. The number of rotatable bonds is 6. The molecule has 2 aromatic heterocycles. The molecule has 1 atom stereocenters. The van der Waals surface area contributed by atoms with E-state index in [-0.39, 0.29) is 17.9 Å². The van der Waals surface area contributed by atoms with Crippen LogP contribution in [0.1, 0.15) is 33.6 Å². The van der Waals surface area contributed by atoms with E-state index in [4.69, 9.17) is 15.2 Å². The summed E-state index contributed by atoms with van der Waals surface area (Å²) in [5.74, 6) is 0.783. The molecule has 1 saturated heterocycles. The lowest BCUT2D eigenvalue weighted by atomic mass is 10.1. The van der Waals surface area contributed by atoms with Gasteiger partial charge in [-0.2, -0.15) is 5.10 Å². The maximum Gasteiger partial charge on any atom is 0.410 e. The first-order chi connectivity index (χ1) is 16.0. The van der Waals surface area contributed by atoms with Crippen molar-refractivity contribution in [3.63, 3.8) is 0 Å². The molecular weight excluding hydrogens is 440 g/mol. The average molecular weight is 471 g/mol. The van der Waals surface area contributed by atoms with Gasteiger partial charge in [0.25, 0.3) is 0 Å². The van der Waals surface area contributed by atoms with Crippen molar-refractivity contribution in [1.29, 1.82) is 0 Å². The summed E-state index contributed by atoms with van der Waals surface area (Å²) in [6.45, 7) is 6.75. The molecule has 5 N–H and O–H groups in total. The Morgan fingerprint density at radius 3 is 2.74 bits per heavy atom. The standard InChI is InChI=1S/C23H30N6O5/c1-22(2,3)34-21(30)28-11-6-7-15(28)13-25-19-10-12-29-20(27-19)17(14-26-29)16-8-4-5-9-18(16)33-23(24,31)32/h4-5,8-10,12,14-15,31-32H,6-7,11,13,24H2,1-3H3,(H,25,27). The predicted molar refractivity (Wildman–Crippen MR) is 125 cm³/mol. The van der Waals surface area contributed by atoms with Crippen LogP contribution in [0.5, 0.6) is 5.75 Å². The molecule has 0 aliphatic carbocycles. The number of nitrogens with one attached hydrogen (secondary N) is 1. The molecule has 11 nitrogen and oxygen atoms in total. The number of likely N-dealkylation sites (tertiary alicyclic amines) is 1. The normalized spacial score (nSPS) is 16.6. The number of hydrogen-bond donors (Lipinski definition) is 4. The molecule has 0 saturated carbocycles. The Morgan fingerprint density at radius 1 is 1.24 bits per heavy atom. The van der Waals surface area contributed by atoms with Crippen molar-refractivity contribution < 1.29 is 24.5 Å². The van der Waals surface area contributed by atoms with Gasteiger partial charge in [-0.25, -0.2) is 20.0 Å². The second-order valence-corrected chi connectivity index (χ2v) is 9.25. The number of fused-ring (bicyclic) bond motifs is 1. The monoisotopic (exact) mass is 470 g/mol. The molecule has 34 heavy (non-hydrogen) atoms. The molecular formula is C23H30N6O5. The highest BCUT2D eigenvalue weighted by atomic mass is 16.8. The van der Waals surface area contributed by atoms with Crippen molar-refractivity contribution in [2.24, 2.45) is 5.73 Å². The fraction of sp³-hybridized carbons (Fsp3) is 0.435. The van der Waals surface area contributed by atoms with E-state index in [0.717, 1.165) is 12.8 Å². The van der Waals surface area contributed by atoms with Crippen molar-refractivity contribution in [2.75, 3.05) is 18.4 Å². The van der Waals surface area contributed by atoms with Crippen LogP contribution < -0.4 is 15.8 Å². The minimum Gasteiger partial charge on any atom is -0.444 e. The van der Waals surface area contributed by atoms with E-state index in [1.165, 1.54) is 0 Å². The molecule has 1 unspecified atom stereocenters. The number of amides is 1. The van der Waals surface area contributed by atoms with Crippen molar-refractivity contribution in [3.8, 4) is 16.9 Å². The first kappa shape index (κ1) is 23.7. The van der Waals surface area contributed by atoms with Crippen LogP contribution in [0.25, 0.3) is 16.8 Å². The van der Waals surface area contributed by atoms with E-state index in [9.17, 15) is 15.0 Å². The third kappa shape index (κ3) is 5.56. The van der Waals surface area contributed by atoms with E-state index in [1.54, 1.807) is 52.1 Å². The van der Waals surface area contributed by atoms with Gasteiger partial charge < -0.3 is 29.9 Å². The van der Waals surface area contributed by atoms with Crippen LogP contribution in [-0.4, -0.2) is 66.6 Å². The zero-order valence-corrected chi connectivity index (χ0v) is 19.4. The van der Waals surface area contributed by atoms with Gasteiger partial charge >= 0.3 is 12.2 Å². The summed E-state index contributed by atoms with van der Waals surface area (Å²) in [6.07, 6.45) is 2.05. The summed E-state index contributed by atoms with van der Waals surface area (Å²) in [6, 6.07) is 8.59. The molecule has 0 radical (unpaired) electrons. The molecule has 1 fully saturated rings. The number of hydrogen-bond acceptors (Lipinski definition) is 9. The number of anilines is 1. The van der Waals surface area contributed by atoms with Gasteiger partial charge in [0.05, 0.1) is 17.8 Å². The molecule has 1 aliphatic heterocycles. The van der Waals surface area contributed by atoms with E-state index < -0.39 is 11.7 Å². The largest absolute Gasteiger partial charge is 0.444 e. The molecule has 3 heterocycles. The Bertz CT molecular complexity index is 1170. The summed E-state index contributed by atoms with van der Waals surface area (Å²) in [5.41, 5.74) is 6.36. The highest BCUT2D eigenvalue weighted by Crippen LogP contribution is 2.33. The van der Waals surface area contributed by atoms with Gasteiger partial charge in [-0.05, 0) is 45.7 Å². The zero-order valence-electron chi connectivity index (χ0n) is 19.4. The Morgan fingerprint density at radius 2 is 2.00 bits per heavy atom. The molecule has 0 spiro atoms. The number of aliphatic hydroxyl groups is 2. The smallest absolute Gasteiger partial charge is 0.410 e. The first-order valence-corrected chi connectivity index (χ1v) is 11.1. The van der Waals surface area contributed by atoms with Crippen LogP contribution in [0.2, 0.25) is 0 Å². The number of aromatic nitrogens is 3. The van der Waals surface area contributed by atoms with Crippen LogP contribution in [0, 0.1) is 0 Å². The Balaban J connectivity index is 1.53. The second kappa shape index (κ2) is 9.09. The van der Waals surface area contributed by atoms with E-state index in [2.05, 4.69) is 15.4 Å². The quantitative estimate of drug-likeness (QED) is 0.398. The summed E-state index contributed by atoms with van der Waals surface area (Å²) >= 11 is 0. The molecule has 182 valence electrons. The second-order valence-electron chi connectivity index (χ2n) is 9.25. The van der Waals surface area contributed by atoms with Gasteiger partial charge in [0.15, 0.2) is 5.65 Å². The van der Waals surface area contributed by atoms with E-state index >= 15 is 0 Å². The van der Waals surface area contributed by atoms with Crippen LogP contribution >= 0.6 is 0 Å². The van der Waals surface area contributed by atoms with Gasteiger partial charge in [-0.15, -0.1) is 0 Å². The fourth-order valence-electron chi connectivity index (χ4n) is 3.93. The van der Waals surface area contributed by atoms with Crippen LogP contribution in [0.3, 0.4) is 0 Å². The summed E-state index contributed by atoms with van der Waals surface area (Å²) in [7, 11) is 0. The minimum absolute atomic E-state index is 0.00170. The van der Waals surface area contributed by atoms with Gasteiger partial charge in [-0.3, -0.25) is 0 Å². The highest BCUT2D eigenvalue weighted by molar-refractivity contribution is 5.81. The van der Waals surface area contributed by atoms with E-state index in [1.807, 2.05) is 20.8 Å². The lowest BCUT2D eigenvalue weighted by molar-refractivity contribution is -0.287. The van der Waals surface area contributed by atoms with Crippen LogP contribution in [0.15, 0.2) is 42.7 Å². The van der Waals surface area contributed by atoms with E-state index in [0.29, 0.717) is 35.7 Å². The number of nitrogens with two attached hydrogens (primary N) is 1. The number of benzene rings is 1. The molecule has 1 aromatic carbocycles. The average Bonchev–Trinajstić information content (AvgIpc) is 3.37. The van der Waals surface area contributed by atoms with Crippen LogP contribution in [-0.2, 0) is 4.74 Å². The highest BCUT2D eigenvalue weighted by Gasteiger charge is 2.32. The molecule has 4 rings (SSSR count). The lowest BCUT2D eigenvalue weighted by Crippen LogP contribution is -2.45. The minimum atomic E-state index is -2.82. The van der Waals surface area contributed by atoms with Crippen molar-refractivity contribution in [3.05, 3.63) is 42.7 Å². The zero-order chi connectivity index (χ0) is 24.5. The number of carbonyl (C=O) groups is 1. The van der Waals surface area contributed by atoms with Crippen molar-refractivity contribution in [2.45, 2.75) is 51.4 Å². The Hall–Kier alpha value is -3.41. The number of carbonyl (C=O) groups excluding carboxylic acids is 1. The summed E-state index contributed by atoms with van der Waals surface area (Å²) in [5, 5.41) is 26.6. The third-order valence-corrected chi connectivity index (χ3v) is 5.33. The van der Waals surface area contributed by atoms with Gasteiger partial charge in [0.1, 0.15) is 17.2 Å². The van der Waals surface area contributed by atoms with Gasteiger partial charge in [-0.1, -0.05) is 18.2 Å². The van der Waals surface area contributed by atoms with Crippen LogP contribution in [0.4, 0.5) is 10.6 Å². The summed E-state index contributed by atoms with van der Waals surface area (Å²) < 4.78 is 12.2. The van der Waals surface area contributed by atoms with Gasteiger partial charge in [0, 0.05) is 24.8 Å². The van der Waals surface area contributed by atoms with Crippen molar-refractivity contribution >= 4 is 17.6 Å². The fourth-order valence-corrected chi connectivity index (χ4v) is 3.93. The maximum absolute atomic E-state index is 12.5. The Kier molecular flexibility index (Phi) is 6.34. The maximum atomic E-state index is 12.5. The first-order valence-electron chi connectivity index (χ1n) is 11.1. The summed E-state index contributed by atoms with van der Waals surface area (Å²) in [4.78, 5) is 19.0. The van der Waals surface area contributed by atoms with Gasteiger partial charge in [0.2, 0.25) is 0 Å². The molecule has 1 amide bonds. The molecule has 0 bridgehead atoms. The van der Waals surface area contributed by atoms with Crippen molar-refractivity contribution in [1.82, 2.24) is 19.5 Å². The number of para-hydroxylation sites is 1. The number of nitrogens with zero attached hydrogens (tertiary/aromatic N) is 4. The number of ether oxygens (including phenoxy) is 2. The predicted octanol–water partition coefficient (Wildman–Crippen LogP) is 2.14. The third-order valence-electron chi connectivity index (χ3n) is 5.33. The topological polar surface area (TPSA) is 147 Å². The molecule has 11 heteroatoms. The Labute approximate surface area is 197 Å². The molecule has 3 aromatic rings. The molecule has 1 aliphatic rings. The SMILES string of the molecule is CC(C)(C)OC(=O)N1CCCC1CNc1ccn2ncc(-c3ccccc3OC(N)(O)O)c2n1.